The number of ether oxygens (including phenoxy) is 1. The molecule has 0 aromatic heterocycles. The molecular formula is C11H24OS. The van der Waals surface area contributed by atoms with Crippen LogP contribution in [0.4, 0.5) is 0 Å². The van der Waals surface area contributed by atoms with Crippen molar-refractivity contribution < 1.29 is 4.74 Å². The normalized spacial score (nSPS) is 12.0. The van der Waals surface area contributed by atoms with Crippen molar-refractivity contribution in [3.8, 4) is 0 Å². The molecule has 0 saturated carbocycles. The lowest BCUT2D eigenvalue weighted by molar-refractivity contribution is 0.105. The zero-order valence-corrected chi connectivity index (χ0v) is 10.2. The van der Waals surface area contributed by atoms with Crippen molar-refractivity contribution in [1.29, 1.82) is 0 Å². The summed E-state index contributed by atoms with van der Waals surface area (Å²) in [5.41, 5.74) is 0.408. The van der Waals surface area contributed by atoms with Gasteiger partial charge in [-0.05, 0) is 30.4 Å². The molecule has 0 atom stereocenters. The van der Waals surface area contributed by atoms with Crippen LogP contribution < -0.4 is 0 Å². The van der Waals surface area contributed by atoms with Crippen LogP contribution in [0.5, 0.6) is 0 Å². The van der Waals surface area contributed by atoms with E-state index >= 15 is 0 Å². The molecule has 0 aromatic rings. The van der Waals surface area contributed by atoms with Gasteiger partial charge in [-0.15, -0.1) is 0 Å². The van der Waals surface area contributed by atoms with Crippen molar-refractivity contribution in [2.75, 3.05) is 19.0 Å². The number of thiol groups is 1. The molecule has 0 amide bonds. The molecule has 1 nitrogen and oxygen atoms in total. The van der Waals surface area contributed by atoms with Gasteiger partial charge in [-0.3, -0.25) is 0 Å². The van der Waals surface area contributed by atoms with E-state index in [9.17, 15) is 0 Å². The summed E-state index contributed by atoms with van der Waals surface area (Å²) in [7, 11) is 0. The first-order valence-electron chi connectivity index (χ1n) is 5.25. The van der Waals surface area contributed by atoms with Gasteiger partial charge in [0, 0.05) is 13.2 Å². The Kier molecular flexibility index (Phi) is 7.87. The average molecular weight is 204 g/mol. The summed E-state index contributed by atoms with van der Waals surface area (Å²) in [6, 6.07) is 0. The maximum atomic E-state index is 5.53. The van der Waals surface area contributed by atoms with Crippen molar-refractivity contribution in [2.45, 2.75) is 46.5 Å². The highest BCUT2D eigenvalue weighted by atomic mass is 32.1. The summed E-state index contributed by atoms with van der Waals surface area (Å²) in [6.07, 6.45) is 4.80. The van der Waals surface area contributed by atoms with E-state index < -0.39 is 0 Å². The Labute approximate surface area is 88.7 Å². The third-order valence-corrected chi connectivity index (χ3v) is 2.26. The third kappa shape index (κ3) is 12.3. The molecule has 0 saturated heterocycles. The Morgan fingerprint density at radius 1 is 1.00 bits per heavy atom. The van der Waals surface area contributed by atoms with E-state index in [4.69, 9.17) is 4.74 Å². The molecule has 0 N–H and O–H groups in total. The molecule has 80 valence electrons. The van der Waals surface area contributed by atoms with E-state index in [1.807, 2.05) is 0 Å². The Balaban J connectivity index is 3.00. The van der Waals surface area contributed by atoms with Gasteiger partial charge in [-0.2, -0.15) is 12.6 Å². The van der Waals surface area contributed by atoms with Crippen LogP contribution in [0.2, 0.25) is 0 Å². The molecular weight excluding hydrogens is 180 g/mol. The zero-order chi connectivity index (χ0) is 10.2. The second-order valence-corrected chi connectivity index (χ2v) is 5.15. The highest BCUT2D eigenvalue weighted by molar-refractivity contribution is 7.80. The Morgan fingerprint density at radius 3 is 2.23 bits per heavy atom. The van der Waals surface area contributed by atoms with Gasteiger partial charge in [0.2, 0.25) is 0 Å². The summed E-state index contributed by atoms with van der Waals surface area (Å²) in [5, 5.41) is 0. The fourth-order valence-corrected chi connectivity index (χ4v) is 1.20. The second-order valence-electron chi connectivity index (χ2n) is 4.71. The van der Waals surface area contributed by atoms with Gasteiger partial charge >= 0.3 is 0 Å². The molecule has 2 heteroatoms. The van der Waals surface area contributed by atoms with E-state index in [1.165, 1.54) is 19.3 Å². The van der Waals surface area contributed by atoms with Gasteiger partial charge in [0.15, 0.2) is 0 Å². The Bertz CT molecular complexity index is 107. The summed E-state index contributed by atoms with van der Waals surface area (Å²) in [6.45, 7) is 8.57. The van der Waals surface area contributed by atoms with Gasteiger partial charge in [0.1, 0.15) is 0 Å². The minimum absolute atomic E-state index is 0.408. The SMILES string of the molecule is CC(C)(C)CCOCCCCCS. The first-order valence-corrected chi connectivity index (χ1v) is 5.88. The molecule has 0 radical (unpaired) electrons. The van der Waals surface area contributed by atoms with E-state index in [0.29, 0.717) is 5.41 Å². The molecule has 0 fully saturated rings. The van der Waals surface area contributed by atoms with E-state index in [1.54, 1.807) is 0 Å². The molecule has 0 unspecified atom stereocenters. The van der Waals surface area contributed by atoms with E-state index in [-0.39, 0.29) is 0 Å². The average Bonchev–Trinajstić information content (AvgIpc) is 2.01. The minimum Gasteiger partial charge on any atom is -0.381 e. The fourth-order valence-electron chi connectivity index (χ4n) is 0.973. The summed E-state index contributed by atoms with van der Waals surface area (Å²) in [4.78, 5) is 0. The van der Waals surface area contributed by atoms with Crippen LogP contribution in [0.15, 0.2) is 0 Å². The van der Waals surface area contributed by atoms with Crippen molar-refractivity contribution >= 4 is 12.6 Å². The monoisotopic (exact) mass is 204 g/mol. The van der Waals surface area contributed by atoms with Gasteiger partial charge in [-0.25, -0.2) is 0 Å². The van der Waals surface area contributed by atoms with Crippen LogP contribution in [0.3, 0.4) is 0 Å². The van der Waals surface area contributed by atoms with Gasteiger partial charge in [-0.1, -0.05) is 27.2 Å². The van der Waals surface area contributed by atoms with Gasteiger partial charge in [0.05, 0.1) is 0 Å². The maximum Gasteiger partial charge on any atom is 0.0471 e. The Hall–Kier alpha value is 0.310. The van der Waals surface area contributed by atoms with Gasteiger partial charge < -0.3 is 4.74 Å². The lowest BCUT2D eigenvalue weighted by atomic mass is 9.93. The van der Waals surface area contributed by atoms with Crippen LogP contribution in [-0.2, 0) is 4.74 Å². The second kappa shape index (κ2) is 7.69. The van der Waals surface area contributed by atoms with Crippen molar-refractivity contribution in [1.82, 2.24) is 0 Å². The number of hydrogen-bond acceptors (Lipinski definition) is 2. The van der Waals surface area contributed by atoms with Crippen molar-refractivity contribution in [3.63, 3.8) is 0 Å². The Morgan fingerprint density at radius 2 is 1.69 bits per heavy atom. The van der Waals surface area contributed by atoms with Crippen LogP contribution in [0, 0.1) is 5.41 Å². The fraction of sp³-hybridized carbons (Fsp3) is 1.00. The molecule has 0 aliphatic rings. The summed E-state index contributed by atoms with van der Waals surface area (Å²) < 4.78 is 5.53. The standard InChI is InChI=1S/C11H24OS/c1-11(2,3)7-9-12-8-5-4-6-10-13/h13H,4-10H2,1-3H3. The van der Waals surface area contributed by atoms with E-state index in [2.05, 4.69) is 33.4 Å². The lowest BCUT2D eigenvalue weighted by Crippen LogP contribution is -2.09. The first-order chi connectivity index (χ1) is 6.06. The van der Waals surface area contributed by atoms with Crippen LogP contribution >= 0.6 is 12.6 Å². The first kappa shape index (κ1) is 13.3. The molecule has 0 bridgehead atoms. The molecule has 0 rings (SSSR count). The molecule has 0 heterocycles. The minimum atomic E-state index is 0.408. The summed E-state index contributed by atoms with van der Waals surface area (Å²) >= 11 is 4.16. The quantitative estimate of drug-likeness (QED) is 0.493. The predicted molar refractivity (Wildman–Crippen MR) is 62.6 cm³/mol. The lowest BCUT2D eigenvalue weighted by Gasteiger charge is -2.17. The molecule has 0 aromatic carbocycles. The van der Waals surface area contributed by atoms with E-state index in [0.717, 1.165) is 25.4 Å². The third-order valence-electron chi connectivity index (χ3n) is 1.94. The maximum absolute atomic E-state index is 5.53. The molecule has 0 aliphatic heterocycles. The zero-order valence-electron chi connectivity index (χ0n) is 9.31. The number of hydrogen-bond donors (Lipinski definition) is 1. The molecule has 13 heavy (non-hydrogen) atoms. The van der Waals surface area contributed by atoms with Crippen molar-refractivity contribution in [2.24, 2.45) is 5.41 Å². The van der Waals surface area contributed by atoms with Crippen molar-refractivity contribution in [3.05, 3.63) is 0 Å². The predicted octanol–water partition coefficient (Wildman–Crippen LogP) is 3.54. The largest absolute Gasteiger partial charge is 0.381 e. The van der Waals surface area contributed by atoms with Crippen LogP contribution in [-0.4, -0.2) is 19.0 Å². The number of rotatable bonds is 7. The smallest absolute Gasteiger partial charge is 0.0471 e. The van der Waals surface area contributed by atoms with Gasteiger partial charge in [0.25, 0.3) is 0 Å². The summed E-state index contributed by atoms with van der Waals surface area (Å²) in [5.74, 6) is 1.00. The highest BCUT2D eigenvalue weighted by Gasteiger charge is 2.08. The number of unbranched alkanes of at least 4 members (excludes halogenated alkanes) is 2. The van der Waals surface area contributed by atoms with Crippen LogP contribution in [0.1, 0.15) is 46.5 Å². The topological polar surface area (TPSA) is 9.23 Å². The van der Waals surface area contributed by atoms with Crippen LogP contribution in [0.25, 0.3) is 0 Å². The highest BCUT2D eigenvalue weighted by Crippen LogP contribution is 2.17. The molecule has 0 spiro atoms. The molecule has 0 aliphatic carbocycles.